The molecule has 0 spiro atoms. The molecule has 2 fully saturated rings. The molecule has 2 aromatic carbocycles. The highest BCUT2D eigenvalue weighted by Gasteiger charge is 2.47. The molecule has 1 saturated carbocycles. The van der Waals surface area contributed by atoms with Crippen molar-refractivity contribution in [3.8, 4) is 0 Å². The lowest BCUT2D eigenvalue weighted by molar-refractivity contribution is 0.00687. The third-order valence-corrected chi connectivity index (χ3v) is 6.66. The molecule has 2 heterocycles. The van der Waals surface area contributed by atoms with Gasteiger partial charge in [0, 0.05) is 6.20 Å². The van der Waals surface area contributed by atoms with Crippen LogP contribution in [0.25, 0.3) is 0 Å². The Bertz CT molecular complexity index is 1270. The number of nitrogens with one attached hydrogen (secondary N) is 1. The molecule has 3 aromatic rings. The molecule has 1 aliphatic carbocycles. The maximum Gasteiger partial charge on any atom is 0.335 e. The van der Waals surface area contributed by atoms with Gasteiger partial charge in [-0.05, 0) is 54.3 Å². The number of rotatable bonds is 6. The van der Waals surface area contributed by atoms with Crippen LogP contribution in [0.2, 0.25) is 5.02 Å². The SMILES string of the molecule is O=C(O)c1ccc(C2(NC(=O)c3cc(Cl)cnc3N3CC(O)(c4ccc(F)cc4)C3)CC2)cc1. The van der Waals surface area contributed by atoms with Gasteiger partial charge in [0.25, 0.3) is 5.91 Å². The number of amides is 1. The highest BCUT2D eigenvalue weighted by atomic mass is 35.5. The van der Waals surface area contributed by atoms with Gasteiger partial charge < -0.3 is 20.4 Å². The molecule has 0 radical (unpaired) electrons. The second-order valence-electron chi connectivity index (χ2n) is 8.84. The van der Waals surface area contributed by atoms with Crippen molar-refractivity contribution in [2.75, 3.05) is 18.0 Å². The number of carbonyl (C=O) groups excluding carboxylic acids is 1. The van der Waals surface area contributed by atoms with Crippen molar-refractivity contribution in [2.45, 2.75) is 24.0 Å². The van der Waals surface area contributed by atoms with Crippen LogP contribution < -0.4 is 10.2 Å². The number of aromatic carboxylic acids is 1. The average molecular weight is 482 g/mol. The summed E-state index contributed by atoms with van der Waals surface area (Å²) < 4.78 is 13.3. The number of halogens is 2. The second kappa shape index (κ2) is 8.07. The van der Waals surface area contributed by atoms with E-state index in [1.807, 2.05) is 0 Å². The van der Waals surface area contributed by atoms with Crippen molar-refractivity contribution in [3.63, 3.8) is 0 Å². The van der Waals surface area contributed by atoms with Crippen LogP contribution in [0, 0.1) is 5.82 Å². The minimum atomic E-state index is -1.17. The molecule has 5 rings (SSSR count). The summed E-state index contributed by atoms with van der Waals surface area (Å²) in [4.78, 5) is 30.6. The lowest BCUT2D eigenvalue weighted by Gasteiger charge is -2.47. The minimum Gasteiger partial charge on any atom is -0.478 e. The predicted molar refractivity (Wildman–Crippen MR) is 124 cm³/mol. The van der Waals surface area contributed by atoms with Crippen molar-refractivity contribution in [1.82, 2.24) is 10.3 Å². The lowest BCUT2D eigenvalue weighted by atomic mass is 9.86. The molecule has 1 aromatic heterocycles. The van der Waals surface area contributed by atoms with Gasteiger partial charge >= 0.3 is 5.97 Å². The van der Waals surface area contributed by atoms with Crippen molar-refractivity contribution < 1.29 is 24.2 Å². The average Bonchev–Trinajstić information content (AvgIpc) is 3.58. The summed E-state index contributed by atoms with van der Waals surface area (Å²) in [6.45, 7) is 0.380. The Kier molecular flexibility index (Phi) is 5.30. The number of carboxylic acids is 1. The zero-order valence-electron chi connectivity index (χ0n) is 18.0. The van der Waals surface area contributed by atoms with Crippen molar-refractivity contribution in [3.05, 3.63) is 93.9 Å². The minimum absolute atomic E-state index is 0.179. The number of nitrogens with zero attached hydrogens (tertiary/aromatic N) is 2. The molecule has 1 saturated heterocycles. The third-order valence-electron chi connectivity index (χ3n) is 6.45. The Morgan fingerprint density at radius 2 is 1.65 bits per heavy atom. The van der Waals surface area contributed by atoms with E-state index < -0.39 is 17.1 Å². The first-order chi connectivity index (χ1) is 16.2. The lowest BCUT2D eigenvalue weighted by Crippen LogP contribution is -2.60. The summed E-state index contributed by atoms with van der Waals surface area (Å²) >= 11 is 6.14. The zero-order chi connectivity index (χ0) is 24.1. The molecular weight excluding hydrogens is 461 g/mol. The monoisotopic (exact) mass is 481 g/mol. The number of hydrogen-bond donors (Lipinski definition) is 3. The molecule has 9 heteroatoms. The summed E-state index contributed by atoms with van der Waals surface area (Å²) in [6, 6.07) is 13.7. The van der Waals surface area contributed by atoms with Gasteiger partial charge in [0.15, 0.2) is 0 Å². The first-order valence-corrected chi connectivity index (χ1v) is 11.1. The van der Waals surface area contributed by atoms with E-state index in [1.165, 1.54) is 36.5 Å². The number of benzene rings is 2. The highest BCUT2D eigenvalue weighted by Crippen LogP contribution is 2.46. The van der Waals surface area contributed by atoms with E-state index in [4.69, 9.17) is 16.7 Å². The quantitative estimate of drug-likeness (QED) is 0.496. The molecule has 0 atom stereocenters. The first kappa shape index (κ1) is 22.3. The number of β-amino-alcohol motifs (C(OH)–C–C–N with tert-alkyl or cyclic N) is 1. The Labute approximate surface area is 199 Å². The fraction of sp³-hybridized carbons (Fsp3) is 0.240. The van der Waals surface area contributed by atoms with Crippen LogP contribution in [0.3, 0.4) is 0 Å². The first-order valence-electron chi connectivity index (χ1n) is 10.7. The number of aliphatic hydroxyl groups is 1. The molecule has 2 aliphatic rings. The van der Waals surface area contributed by atoms with E-state index in [9.17, 15) is 19.1 Å². The molecule has 0 bridgehead atoms. The van der Waals surface area contributed by atoms with Crippen LogP contribution in [0.4, 0.5) is 10.2 Å². The smallest absolute Gasteiger partial charge is 0.335 e. The van der Waals surface area contributed by atoms with Crippen molar-refractivity contribution in [1.29, 1.82) is 0 Å². The fourth-order valence-electron chi connectivity index (χ4n) is 4.36. The van der Waals surface area contributed by atoms with Gasteiger partial charge in [0.2, 0.25) is 0 Å². The van der Waals surface area contributed by atoms with Gasteiger partial charge in [-0.25, -0.2) is 14.2 Å². The largest absolute Gasteiger partial charge is 0.478 e. The summed E-state index contributed by atoms with van der Waals surface area (Å²) in [5.41, 5.74) is 0.133. The van der Waals surface area contributed by atoms with E-state index in [-0.39, 0.29) is 35.9 Å². The van der Waals surface area contributed by atoms with E-state index in [2.05, 4.69) is 10.3 Å². The molecule has 0 unspecified atom stereocenters. The molecule has 174 valence electrons. The van der Waals surface area contributed by atoms with Crippen molar-refractivity contribution >= 4 is 29.3 Å². The molecule has 1 aliphatic heterocycles. The van der Waals surface area contributed by atoms with E-state index in [1.54, 1.807) is 29.2 Å². The Morgan fingerprint density at radius 3 is 2.24 bits per heavy atom. The Morgan fingerprint density at radius 1 is 1.03 bits per heavy atom. The molecule has 3 N–H and O–H groups in total. The Balaban J connectivity index is 1.36. The number of carboxylic acid groups (broad SMARTS) is 1. The normalized spacial score (nSPS) is 17.6. The number of hydrogen-bond acceptors (Lipinski definition) is 5. The van der Waals surface area contributed by atoms with Crippen LogP contribution in [0.15, 0.2) is 60.8 Å². The number of aromatic nitrogens is 1. The van der Waals surface area contributed by atoms with Crippen LogP contribution in [0.5, 0.6) is 0 Å². The predicted octanol–water partition coefficient (Wildman–Crippen LogP) is 3.70. The molecule has 1 amide bonds. The van der Waals surface area contributed by atoms with Crippen LogP contribution in [-0.2, 0) is 11.1 Å². The van der Waals surface area contributed by atoms with Crippen LogP contribution >= 0.6 is 11.6 Å². The fourth-order valence-corrected chi connectivity index (χ4v) is 4.51. The van der Waals surface area contributed by atoms with Gasteiger partial charge in [0.1, 0.15) is 17.2 Å². The molecule has 34 heavy (non-hydrogen) atoms. The molecule has 7 nitrogen and oxygen atoms in total. The second-order valence-corrected chi connectivity index (χ2v) is 9.27. The van der Waals surface area contributed by atoms with Gasteiger partial charge in [-0.15, -0.1) is 0 Å². The van der Waals surface area contributed by atoms with Gasteiger partial charge in [-0.2, -0.15) is 0 Å². The van der Waals surface area contributed by atoms with Gasteiger partial charge in [-0.3, -0.25) is 4.79 Å². The van der Waals surface area contributed by atoms with Gasteiger partial charge in [0.05, 0.1) is 34.8 Å². The summed E-state index contributed by atoms with van der Waals surface area (Å²) in [5.74, 6) is -1.36. The topological polar surface area (TPSA) is 103 Å². The number of carbonyl (C=O) groups is 2. The zero-order valence-corrected chi connectivity index (χ0v) is 18.7. The van der Waals surface area contributed by atoms with E-state index in [0.29, 0.717) is 16.4 Å². The summed E-state index contributed by atoms with van der Waals surface area (Å²) in [7, 11) is 0. The van der Waals surface area contributed by atoms with Crippen molar-refractivity contribution in [2.24, 2.45) is 0 Å². The number of pyridine rings is 1. The van der Waals surface area contributed by atoms with E-state index >= 15 is 0 Å². The maximum absolute atomic E-state index is 13.3. The van der Waals surface area contributed by atoms with E-state index in [0.717, 1.165) is 18.4 Å². The van der Waals surface area contributed by atoms with Crippen LogP contribution in [0.1, 0.15) is 44.7 Å². The van der Waals surface area contributed by atoms with Gasteiger partial charge in [-0.1, -0.05) is 35.9 Å². The van der Waals surface area contributed by atoms with Crippen LogP contribution in [-0.4, -0.2) is 40.2 Å². The number of anilines is 1. The highest BCUT2D eigenvalue weighted by molar-refractivity contribution is 6.31. The Hall–Kier alpha value is -3.49. The summed E-state index contributed by atoms with van der Waals surface area (Å²) in [5, 5.41) is 23.4. The summed E-state index contributed by atoms with van der Waals surface area (Å²) in [6.07, 6.45) is 2.89. The molecular formula is C25H21ClFN3O4. The standard InChI is InChI=1S/C25H21ClFN3O4/c26-18-11-20(22(31)29-24(9-10-24)16-3-1-15(2-4-16)23(32)33)21(28-12-18)30-13-25(34,14-30)17-5-7-19(27)8-6-17/h1-8,11-12,34H,9-10,13-14H2,(H,29,31)(H,32,33). The maximum atomic E-state index is 13.3. The third kappa shape index (κ3) is 3.99.